The zero-order chi connectivity index (χ0) is 14.5. The van der Waals surface area contributed by atoms with Gasteiger partial charge in [0.1, 0.15) is 0 Å². The van der Waals surface area contributed by atoms with Crippen molar-refractivity contribution in [2.24, 2.45) is 0 Å². The van der Waals surface area contributed by atoms with E-state index in [4.69, 9.17) is 9.84 Å². The van der Waals surface area contributed by atoms with Crippen LogP contribution < -0.4 is 5.32 Å². The molecule has 0 saturated carbocycles. The van der Waals surface area contributed by atoms with Gasteiger partial charge in [-0.25, -0.2) is 9.59 Å². The predicted octanol–water partition coefficient (Wildman–Crippen LogP) is 0.0325. The van der Waals surface area contributed by atoms with Crippen molar-refractivity contribution in [2.75, 3.05) is 26.4 Å². The minimum absolute atomic E-state index is 0.0102. The van der Waals surface area contributed by atoms with E-state index in [1.165, 1.54) is 4.90 Å². The molecule has 7 nitrogen and oxygen atoms in total. The van der Waals surface area contributed by atoms with Crippen molar-refractivity contribution in [1.82, 2.24) is 10.2 Å². The SMILES string of the molecule is CC(C)N(CCCO)C(=O)NC1(C(=O)O)CCOC1. The van der Waals surface area contributed by atoms with Crippen LogP contribution in [-0.2, 0) is 9.53 Å². The second kappa shape index (κ2) is 6.72. The molecule has 2 amide bonds. The predicted molar refractivity (Wildman–Crippen MR) is 67.9 cm³/mol. The number of nitrogens with one attached hydrogen (secondary N) is 1. The molecule has 7 heteroatoms. The van der Waals surface area contributed by atoms with Gasteiger partial charge in [0.25, 0.3) is 0 Å². The highest BCUT2D eigenvalue weighted by molar-refractivity contribution is 5.86. The average molecular weight is 274 g/mol. The highest BCUT2D eigenvalue weighted by Crippen LogP contribution is 2.19. The third-order valence-corrected chi connectivity index (χ3v) is 3.22. The average Bonchev–Trinajstić information content (AvgIpc) is 2.79. The molecule has 1 rings (SSSR count). The fourth-order valence-corrected chi connectivity index (χ4v) is 2.00. The summed E-state index contributed by atoms with van der Waals surface area (Å²) in [7, 11) is 0. The summed E-state index contributed by atoms with van der Waals surface area (Å²) in [4.78, 5) is 25.0. The van der Waals surface area contributed by atoms with Crippen LogP contribution in [0, 0.1) is 0 Å². The Morgan fingerprint density at radius 3 is 2.58 bits per heavy atom. The van der Waals surface area contributed by atoms with Crippen molar-refractivity contribution in [1.29, 1.82) is 0 Å². The van der Waals surface area contributed by atoms with Crippen molar-refractivity contribution in [3.63, 3.8) is 0 Å². The van der Waals surface area contributed by atoms with Crippen molar-refractivity contribution < 1.29 is 24.5 Å². The van der Waals surface area contributed by atoms with E-state index in [9.17, 15) is 14.7 Å². The van der Waals surface area contributed by atoms with Gasteiger partial charge in [-0.15, -0.1) is 0 Å². The van der Waals surface area contributed by atoms with Gasteiger partial charge in [-0.05, 0) is 20.3 Å². The number of rotatable bonds is 6. The molecule has 1 fully saturated rings. The van der Waals surface area contributed by atoms with Crippen molar-refractivity contribution >= 4 is 12.0 Å². The topological polar surface area (TPSA) is 99.1 Å². The Kier molecular flexibility index (Phi) is 5.56. The molecule has 0 spiro atoms. The molecule has 0 aromatic heterocycles. The van der Waals surface area contributed by atoms with E-state index < -0.39 is 17.5 Å². The Labute approximate surface area is 112 Å². The van der Waals surface area contributed by atoms with Gasteiger partial charge in [0.15, 0.2) is 5.54 Å². The molecule has 0 radical (unpaired) electrons. The van der Waals surface area contributed by atoms with E-state index >= 15 is 0 Å². The molecule has 110 valence electrons. The third-order valence-electron chi connectivity index (χ3n) is 3.22. The van der Waals surface area contributed by atoms with Crippen LogP contribution in [0.2, 0.25) is 0 Å². The molecular weight excluding hydrogens is 252 g/mol. The highest BCUT2D eigenvalue weighted by atomic mass is 16.5. The van der Waals surface area contributed by atoms with E-state index in [-0.39, 0.29) is 25.7 Å². The van der Waals surface area contributed by atoms with Gasteiger partial charge in [0.2, 0.25) is 0 Å². The molecule has 0 aromatic carbocycles. The zero-order valence-corrected chi connectivity index (χ0v) is 11.4. The van der Waals surface area contributed by atoms with Gasteiger partial charge >= 0.3 is 12.0 Å². The number of carboxylic acids is 1. The first-order valence-corrected chi connectivity index (χ1v) is 6.44. The molecule has 1 aliphatic rings. The quantitative estimate of drug-likeness (QED) is 0.635. The number of hydrogen-bond acceptors (Lipinski definition) is 4. The van der Waals surface area contributed by atoms with Gasteiger partial charge in [-0.2, -0.15) is 0 Å². The van der Waals surface area contributed by atoms with E-state index in [0.717, 1.165) is 0 Å². The number of aliphatic hydroxyl groups excluding tert-OH is 1. The normalized spacial score (nSPS) is 22.5. The lowest BCUT2D eigenvalue weighted by atomic mass is 9.99. The number of aliphatic hydroxyl groups is 1. The van der Waals surface area contributed by atoms with E-state index in [2.05, 4.69) is 5.32 Å². The maximum atomic E-state index is 12.2. The van der Waals surface area contributed by atoms with Crippen LogP contribution in [0.3, 0.4) is 0 Å². The summed E-state index contributed by atoms with van der Waals surface area (Å²) in [5.74, 6) is -1.08. The summed E-state index contributed by atoms with van der Waals surface area (Å²) >= 11 is 0. The molecule has 3 N–H and O–H groups in total. The molecule has 0 aliphatic carbocycles. The number of carbonyl (C=O) groups is 2. The fraction of sp³-hybridized carbons (Fsp3) is 0.833. The van der Waals surface area contributed by atoms with Gasteiger partial charge in [0, 0.05) is 32.2 Å². The standard InChI is InChI=1S/C12H22N2O5/c1-9(2)14(5-3-6-15)11(18)13-12(10(16)17)4-7-19-8-12/h9,15H,3-8H2,1-2H3,(H,13,18)(H,16,17). The van der Waals surface area contributed by atoms with E-state index in [0.29, 0.717) is 19.6 Å². The number of ether oxygens (including phenoxy) is 1. The Morgan fingerprint density at radius 1 is 1.47 bits per heavy atom. The molecule has 1 saturated heterocycles. The van der Waals surface area contributed by atoms with Gasteiger partial charge in [-0.3, -0.25) is 0 Å². The fourth-order valence-electron chi connectivity index (χ4n) is 2.00. The molecule has 1 unspecified atom stereocenters. The molecule has 1 aliphatic heterocycles. The van der Waals surface area contributed by atoms with Crippen LogP contribution in [0.5, 0.6) is 0 Å². The number of amides is 2. The lowest BCUT2D eigenvalue weighted by Crippen LogP contribution is -2.59. The number of carboxylic acid groups (broad SMARTS) is 1. The number of carbonyl (C=O) groups excluding carboxylic acids is 1. The Bertz CT molecular complexity index is 326. The summed E-state index contributed by atoms with van der Waals surface area (Å²) in [6, 6.07) is -0.504. The first kappa shape index (κ1) is 15.7. The maximum Gasteiger partial charge on any atom is 0.332 e. The van der Waals surface area contributed by atoms with Crippen molar-refractivity contribution in [3.8, 4) is 0 Å². The molecule has 1 atom stereocenters. The molecule has 1 heterocycles. The van der Waals surface area contributed by atoms with Crippen molar-refractivity contribution in [2.45, 2.75) is 38.3 Å². The molecule has 0 aromatic rings. The van der Waals surface area contributed by atoms with E-state index in [1.807, 2.05) is 13.8 Å². The van der Waals surface area contributed by atoms with Crippen LogP contribution in [-0.4, -0.2) is 65.1 Å². The second-order valence-electron chi connectivity index (χ2n) is 4.98. The summed E-state index contributed by atoms with van der Waals surface area (Å²) in [6.07, 6.45) is 0.724. The third kappa shape index (κ3) is 3.81. The molecular formula is C12H22N2O5. The van der Waals surface area contributed by atoms with Crippen LogP contribution in [0.25, 0.3) is 0 Å². The van der Waals surface area contributed by atoms with Crippen LogP contribution in [0.4, 0.5) is 4.79 Å². The zero-order valence-electron chi connectivity index (χ0n) is 11.4. The van der Waals surface area contributed by atoms with Gasteiger partial charge in [0.05, 0.1) is 6.61 Å². The van der Waals surface area contributed by atoms with Crippen LogP contribution in [0.15, 0.2) is 0 Å². The minimum Gasteiger partial charge on any atom is -0.479 e. The largest absolute Gasteiger partial charge is 0.479 e. The number of urea groups is 1. The van der Waals surface area contributed by atoms with Crippen LogP contribution in [0.1, 0.15) is 26.7 Å². The highest BCUT2D eigenvalue weighted by Gasteiger charge is 2.44. The minimum atomic E-state index is -1.33. The van der Waals surface area contributed by atoms with Crippen molar-refractivity contribution in [3.05, 3.63) is 0 Å². The maximum absolute atomic E-state index is 12.2. The summed E-state index contributed by atoms with van der Waals surface area (Å²) in [5, 5.41) is 20.6. The molecule has 0 bridgehead atoms. The Morgan fingerprint density at radius 2 is 2.16 bits per heavy atom. The second-order valence-corrected chi connectivity index (χ2v) is 4.98. The van der Waals surface area contributed by atoms with E-state index in [1.54, 1.807) is 0 Å². The first-order chi connectivity index (χ1) is 8.93. The summed E-state index contributed by atoms with van der Waals surface area (Å²) in [5.41, 5.74) is -1.33. The smallest absolute Gasteiger partial charge is 0.332 e. The lowest BCUT2D eigenvalue weighted by Gasteiger charge is -2.31. The summed E-state index contributed by atoms with van der Waals surface area (Å²) in [6.45, 7) is 4.37. The number of nitrogens with zero attached hydrogens (tertiary/aromatic N) is 1. The number of hydrogen-bond donors (Lipinski definition) is 3. The Hall–Kier alpha value is -1.34. The molecule has 19 heavy (non-hydrogen) atoms. The van der Waals surface area contributed by atoms with Gasteiger partial charge < -0.3 is 25.2 Å². The first-order valence-electron chi connectivity index (χ1n) is 6.44. The lowest BCUT2D eigenvalue weighted by molar-refractivity contribution is -0.144. The number of aliphatic carboxylic acids is 1. The summed E-state index contributed by atoms with van der Waals surface area (Å²) < 4.78 is 5.09. The van der Waals surface area contributed by atoms with Crippen LogP contribution >= 0.6 is 0 Å². The Balaban J connectivity index is 2.71. The van der Waals surface area contributed by atoms with Gasteiger partial charge in [-0.1, -0.05) is 0 Å². The monoisotopic (exact) mass is 274 g/mol.